The molecule has 128 heavy (non-hydrogen) atoms. The van der Waals surface area contributed by atoms with Gasteiger partial charge in [-0.2, -0.15) is 0 Å². The minimum atomic E-state index is -1.08. The van der Waals surface area contributed by atoms with E-state index in [-0.39, 0.29) is 66.1 Å². The molecule has 4 heterocycles. The Hall–Kier alpha value is -12.5. The lowest BCUT2D eigenvalue weighted by Gasteiger charge is -2.29. The maximum Gasteiger partial charge on any atom is 0.330 e. The van der Waals surface area contributed by atoms with Crippen molar-refractivity contribution >= 4 is 158 Å². The van der Waals surface area contributed by atoms with Gasteiger partial charge in [-0.3, -0.25) is 19.2 Å². The lowest BCUT2D eigenvalue weighted by Crippen LogP contribution is -2.36. The van der Waals surface area contributed by atoms with Gasteiger partial charge in [0.15, 0.2) is 23.1 Å². The molecule has 4 saturated heterocycles. The Bertz CT molecular complexity index is 5990. The summed E-state index contributed by atoms with van der Waals surface area (Å²) in [5.74, 6) is -4.09. The van der Waals surface area contributed by atoms with Crippen LogP contribution in [-0.4, -0.2) is 149 Å². The van der Waals surface area contributed by atoms with Crippen molar-refractivity contribution < 1.29 is 76.3 Å². The summed E-state index contributed by atoms with van der Waals surface area (Å²) in [6.07, 6.45) is 19.0. The highest BCUT2D eigenvalue weighted by atomic mass is 79.9. The van der Waals surface area contributed by atoms with Crippen molar-refractivity contribution in [2.24, 2.45) is 0 Å². The van der Waals surface area contributed by atoms with Crippen LogP contribution < -0.4 is 20.4 Å². The number of hydrogen-bond donors (Lipinski definition) is 4. The fourth-order valence-corrected chi connectivity index (χ4v) is 16.1. The summed E-state index contributed by atoms with van der Waals surface area (Å²) < 4.78 is 50.6. The first-order valence-corrected chi connectivity index (χ1v) is 44.6. The second-order valence-electron chi connectivity index (χ2n) is 30.7. The molecule has 0 amide bonds. The third-order valence-electron chi connectivity index (χ3n) is 21.4. The fraction of sp³-hybridized carbons (Fsp3) is 0.245. The van der Waals surface area contributed by atoms with Gasteiger partial charge in [-0.15, -0.1) is 0 Å². The zero-order valence-electron chi connectivity index (χ0n) is 71.7. The minimum Gasteiger partial charge on any atom is -0.478 e. The Balaban J connectivity index is 0.000000158. The quantitative estimate of drug-likeness (QED) is 0.0249. The van der Waals surface area contributed by atoms with E-state index in [9.17, 15) is 47.1 Å². The summed E-state index contributed by atoms with van der Waals surface area (Å²) in [6, 6.07) is 70.6. The first-order valence-electron chi connectivity index (χ1n) is 43.0. The van der Waals surface area contributed by atoms with E-state index in [1.54, 1.807) is 44.2 Å². The second kappa shape index (κ2) is 50.1. The number of ether oxygens (including phenoxy) is 4. The van der Waals surface area contributed by atoms with Gasteiger partial charge in [-0.25, -0.2) is 28.0 Å². The maximum atomic E-state index is 14.4. The standard InChI is InChI=1S/C26H24FNO3.C25H23NO4.C23H18BrFO3.C23H19BrO3.C5H11N.C4H9NO/c27-24-10-8-18(9-11-26(30)31)14-20(24)16-25(29)23-17-21(28-12-4-1-5-13-28)15-19-6-2-3-7-22(19)23;27-24(15-19-5-3-4-18(14-19)8-9-25(28)29)23-17-21(26-10-12-30-13-11-26)16-20-6-1-2-7-22(20)23;1-2-28-23(27)10-8-15-7-9-21(25)17(11-15)13-22(26)20-14-18(24)12-16-5-3-4-6-19(16)20;1-2-27-23(26)11-10-16-6-5-7-17(12-16)13-22(25)21-15-19(24)14-18-8-3-4-9-20(18)21;1-2-4-6-5-3-1;1-3-6-4-2-5-1/h2-3,6-11,14-15,17H,1,4-5,12-13,16H2,(H,30,31);1-9,14,16-17H,10-13,15H2,(H,28,29);3-12,14H,2,13H2,1H3;3-12,14-15H,2,13H2,1H3;6H,1-5H2;5H,1-4H2/b11-9+;9-8+;10-8+;11-10+;;. The lowest BCUT2D eigenvalue weighted by atomic mass is 9.95. The number of piperidine rings is 2. The van der Waals surface area contributed by atoms with Crippen molar-refractivity contribution in [3.8, 4) is 0 Å². The van der Waals surface area contributed by atoms with Gasteiger partial charge in [0.25, 0.3) is 0 Å². The minimum absolute atomic E-state index is 0.0423. The SMILES string of the molecule is C1CCNCC1.C1COCCN1.CCOC(=O)/C=C/c1ccc(F)c(CC(=O)c2cc(Br)cc3ccccc23)c1.CCOC(=O)/C=C/c1cccc(CC(=O)c2cc(Br)cc3ccccc23)c1.O=C(O)/C=C/c1ccc(F)c(CC(=O)c2cc(N3CCCCC3)cc3ccccc23)c1.O=C(O)/C=C/c1cccc(CC(=O)c2cc(N3CCOCC3)cc3ccccc23)c1. The van der Waals surface area contributed by atoms with E-state index in [1.165, 1.54) is 87.3 Å². The number of morpholine rings is 2. The van der Waals surface area contributed by atoms with Gasteiger partial charge in [0, 0.05) is 132 Å². The third kappa shape index (κ3) is 29.8. The molecule has 0 radical (unpaired) electrons. The highest BCUT2D eigenvalue weighted by Gasteiger charge is 2.23. The summed E-state index contributed by atoms with van der Waals surface area (Å²) >= 11 is 6.92. The van der Waals surface area contributed by atoms with E-state index in [0.717, 1.165) is 163 Å². The molecule has 12 aromatic carbocycles. The molecule has 660 valence electrons. The number of halogens is 4. The third-order valence-corrected chi connectivity index (χ3v) is 22.3. The molecule has 18 nitrogen and oxygen atoms in total. The van der Waals surface area contributed by atoms with Crippen molar-refractivity contribution in [3.63, 3.8) is 0 Å². The first-order chi connectivity index (χ1) is 62.1. The number of aliphatic carboxylic acids is 2. The summed E-state index contributed by atoms with van der Waals surface area (Å²) in [4.78, 5) is 101. The summed E-state index contributed by atoms with van der Waals surface area (Å²) in [6.45, 7) is 15.4. The number of nitrogens with one attached hydrogen (secondary N) is 2. The molecule has 0 unspecified atom stereocenters. The van der Waals surface area contributed by atoms with E-state index in [0.29, 0.717) is 59.6 Å². The van der Waals surface area contributed by atoms with Crippen molar-refractivity contribution in [1.29, 1.82) is 0 Å². The first kappa shape index (κ1) is 96.1. The molecule has 0 saturated carbocycles. The number of Topliss-reactive ketones (excluding diaryl/α,β-unsaturated/α-hetero) is 4. The molecule has 0 bridgehead atoms. The smallest absolute Gasteiger partial charge is 0.330 e. The molecule has 22 heteroatoms. The molecule has 0 atom stereocenters. The predicted octanol–water partition coefficient (Wildman–Crippen LogP) is 21.4. The Morgan fingerprint density at radius 2 is 0.719 bits per heavy atom. The Morgan fingerprint density at radius 3 is 1.09 bits per heavy atom. The topological polar surface area (TPSA) is 244 Å². The number of carbonyl (C=O) groups excluding carboxylic acids is 6. The van der Waals surface area contributed by atoms with E-state index < -0.39 is 29.5 Å². The van der Waals surface area contributed by atoms with Gasteiger partial charge < -0.3 is 49.6 Å². The molecule has 16 rings (SSSR count). The van der Waals surface area contributed by atoms with Crippen LogP contribution in [0.3, 0.4) is 0 Å². The van der Waals surface area contributed by atoms with Crippen molar-refractivity contribution in [2.75, 3.05) is 102 Å². The van der Waals surface area contributed by atoms with Crippen LogP contribution in [0.4, 0.5) is 20.2 Å². The number of anilines is 2. The van der Waals surface area contributed by atoms with Crippen molar-refractivity contribution in [1.82, 2.24) is 10.6 Å². The van der Waals surface area contributed by atoms with Crippen LogP contribution >= 0.6 is 31.9 Å². The van der Waals surface area contributed by atoms with Crippen molar-refractivity contribution in [2.45, 2.75) is 78.1 Å². The zero-order chi connectivity index (χ0) is 90.5. The van der Waals surface area contributed by atoms with Crippen molar-refractivity contribution in [3.05, 3.63) is 342 Å². The number of carbonyl (C=O) groups is 8. The number of carboxylic acids is 2. The summed E-state index contributed by atoms with van der Waals surface area (Å²) in [5, 5.41) is 31.7. The van der Waals surface area contributed by atoms with Crippen LogP contribution in [0.25, 0.3) is 67.4 Å². The number of carboxylic acid groups (broad SMARTS) is 2. The van der Waals surface area contributed by atoms with E-state index >= 15 is 0 Å². The van der Waals surface area contributed by atoms with Crippen LogP contribution in [0.15, 0.2) is 264 Å². The number of esters is 2. The number of fused-ring (bicyclic) bond motifs is 4. The molecule has 0 aromatic heterocycles. The zero-order valence-corrected chi connectivity index (χ0v) is 74.9. The monoisotopic (exact) mass is 1850 g/mol. The molecule has 4 aliphatic heterocycles. The van der Waals surface area contributed by atoms with E-state index in [2.05, 4.69) is 64.4 Å². The van der Waals surface area contributed by atoms with Crippen LogP contribution in [-0.2, 0) is 63.8 Å². The normalized spacial score (nSPS) is 13.8. The summed E-state index contributed by atoms with van der Waals surface area (Å²) in [5.41, 5.74) is 9.67. The summed E-state index contributed by atoms with van der Waals surface area (Å²) in [7, 11) is 0. The highest BCUT2D eigenvalue weighted by Crippen LogP contribution is 2.34. The Morgan fingerprint density at radius 1 is 0.367 bits per heavy atom. The van der Waals surface area contributed by atoms with E-state index in [4.69, 9.17) is 29.2 Å². The number of hydrogen-bond acceptors (Lipinski definition) is 16. The highest BCUT2D eigenvalue weighted by molar-refractivity contribution is 9.10. The van der Waals surface area contributed by atoms with E-state index in [1.807, 2.05) is 176 Å². The van der Waals surface area contributed by atoms with Gasteiger partial charge in [-0.05, 0) is 244 Å². The molecule has 4 aliphatic rings. The number of rotatable bonds is 24. The van der Waals surface area contributed by atoms with Crippen LogP contribution in [0.2, 0.25) is 0 Å². The molecule has 4 N–H and O–H groups in total. The number of ketones is 4. The van der Waals surface area contributed by atoms with Crippen LogP contribution in [0.5, 0.6) is 0 Å². The molecular formula is C106H104Br2F2N4O14. The number of nitrogens with zero attached hydrogens (tertiary/aromatic N) is 2. The number of benzene rings is 12. The second-order valence-corrected chi connectivity index (χ2v) is 32.5. The van der Waals surface area contributed by atoms with Gasteiger partial charge in [0.2, 0.25) is 0 Å². The molecule has 0 spiro atoms. The largest absolute Gasteiger partial charge is 0.478 e. The maximum absolute atomic E-state index is 14.4. The predicted molar refractivity (Wildman–Crippen MR) is 513 cm³/mol. The van der Waals surface area contributed by atoms with Gasteiger partial charge in [0.1, 0.15) is 11.6 Å². The molecule has 4 fully saturated rings. The Kier molecular flexibility index (Phi) is 37.6. The average molecular weight is 1860 g/mol. The molecular weight excluding hydrogens is 1750 g/mol. The van der Waals surface area contributed by atoms with Gasteiger partial charge in [0.05, 0.1) is 39.6 Å². The molecule has 0 aliphatic carbocycles. The Labute approximate surface area is 761 Å². The van der Waals surface area contributed by atoms with Crippen LogP contribution in [0, 0.1) is 11.6 Å². The average Bonchev–Trinajstić information content (AvgIpc) is 0.688. The van der Waals surface area contributed by atoms with Crippen LogP contribution in [0.1, 0.15) is 138 Å². The van der Waals surface area contributed by atoms with Gasteiger partial charge >= 0.3 is 23.9 Å². The molecule has 12 aromatic rings. The van der Waals surface area contributed by atoms with Gasteiger partial charge in [-0.1, -0.05) is 196 Å². The lowest BCUT2D eigenvalue weighted by molar-refractivity contribution is -0.138. The fourth-order valence-electron chi connectivity index (χ4n) is 15.1.